The smallest absolute Gasteiger partial charge is 0.226 e. The van der Waals surface area contributed by atoms with E-state index in [0.29, 0.717) is 17.4 Å². The van der Waals surface area contributed by atoms with Gasteiger partial charge in [-0.2, -0.15) is 9.97 Å². The van der Waals surface area contributed by atoms with Crippen molar-refractivity contribution in [3.8, 4) is 11.6 Å². The van der Waals surface area contributed by atoms with Gasteiger partial charge in [0.15, 0.2) is 0 Å². The summed E-state index contributed by atoms with van der Waals surface area (Å²) in [5.41, 5.74) is 9.17. The quantitative estimate of drug-likeness (QED) is 0.663. The summed E-state index contributed by atoms with van der Waals surface area (Å²) < 4.78 is 6.72. The number of anilines is 3. The van der Waals surface area contributed by atoms with Gasteiger partial charge in [-0.05, 0) is 61.4 Å². The highest BCUT2D eigenvalue weighted by molar-refractivity contribution is 9.10. The summed E-state index contributed by atoms with van der Waals surface area (Å²) >= 11 is 3.39. The molecule has 0 spiro atoms. The average molecular weight is 385 g/mol. The first-order chi connectivity index (χ1) is 11.5. The zero-order chi connectivity index (χ0) is 17.1. The Bertz CT molecular complexity index is 865. The van der Waals surface area contributed by atoms with E-state index in [1.807, 2.05) is 30.3 Å². The topological polar surface area (TPSA) is 73.1 Å². The van der Waals surface area contributed by atoms with Gasteiger partial charge >= 0.3 is 0 Å². The van der Waals surface area contributed by atoms with E-state index < -0.39 is 0 Å². The number of ether oxygens (including phenoxy) is 1. The fraction of sp³-hybridized carbons (Fsp3) is 0.111. The molecule has 0 fully saturated rings. The van der Waals surface area contributed by atoms with Gasteiger partial charge in [0.05, 0.1) is 0 Å². The van der Waals surface area contributed by atoms with E-state index in [2.05, 4.69) is 57.2 Å². The summed E-state index contributed by atoms with van der Waals surface area (Å²) in [5.74, 6) is 1.79. The van der Waals surface area contributed by atoms with Crippen molar-refractivity contribution in [2.24, 2.45) is 0 Å². The van der Waals surface area contributed by atoms with Crippen LogP contribution in [0.3, 0.4) is 0 Å². The SMILES string of the molecule is Cc1ccc(Nc2cc(Oc3ccc(Br)cc3)nc(N)n2)cc1C. The Kier molecular flexibility index (Phi) is 4.66. The number of benzene rings is 2. The first kappa shape index (κ1) is 16.3. The number of nitrogens with zero attached hydrogens (tertiary/aromatic N) is 2. The van der Waals surface area contributed by atoms with Crippen LogP contribution in [0, 0.1) is 13.8 Å². The molecule has 0 amide bonds. The van der Waals surface area contributed by atoms with Gasteiger partial charge < -0.3 is 15.8 Å². The zero-order valence-corrected chi connectivity index (χ0v) is 15.0. The largest absolute Gasteiger partial charge is 0.439 e. The number of aryl methyl sites for hydroxylation is 2. The second kappa shape index (κ2) is 6.88. The predicted molar refractivity (Wildman–Crippen MR) is 99.9 cm³/mol. The van der Waals surface area contributed by atoms with Crippen molar-refractivity contribution in [1.82, 2.24) is 9.97 Å². The first-order valence-corrected chi connectivity index (χ1v) is 8.21. The second-order valence-electron chi connectivity index (χ2n) is 5.43. The summed E-state index contributed by atoms with van der Waals surface area (Å²) in [6, 6.07) is 15.3. The van der Waals surface area contributed by atoms with Gasteiger partial charge in [0.1, 0.15) is 11.6 Å². The van der Waals surface area contributed by atoms with Crippen molar-refractivity contribution in [3.63, 3.8) is 0 Å². The van der Waals surface area contributed by atoms with Crippen molar-refractivity contribution in [2.45, 2.75) is 13.8 Å². The van der Waals surface area contributed by atoms with Crippen LogP contribution in [0.4, 0.5) is 17.5 Å². The minimum absolute atomic E-state index is 0.149. The highest BCUT2D eigenvalue weighted by Crippen LogP contribution is 2.25. The Balaban J connectivity index is 1.82. The molecule has 6 heteroatoms. The third-order valence-electron chi connectivity index (χ3n) is 3.54. The van der Waals surface area contributed by atoms with E-state index in [0.717, 1.165) is 10.2 Å². The molecule has 24 heavy (non-hydrogen) atoms. The molecule has 3 N–H and O–H groups in total. The average Bonchev–Trinajstić information content (AvgIpc) is 2.53. The van der Waals surface area contributed by atoms with Gasteiger partial charge in [0.25, 0.3) is 0 Å². The van der Waals surface area contributed by atoms with E-state index in [4.69, 9.17) is 10.5 Å². The summed E-state index contributed by atoms with van der Waals surface area (Å²) in [6.45, 7) is 4.14. The van der Waals surface area contributed by atoms with E-state index in [-0.39, 0.29) is 5.95 Å². The van der Waals surface area contributed by atoms with Crippen molar-refractivity contribution in [2.75, 3.05) is 11.1 Å². The molecular weight excluding hydrogens is 368 g/mol. The lowest BCUT2D eigenvalue weighted by atomic mass is 10.1. The fourth-order valence-electron chi connectivity index (χ4n) is 2.15. The number of halogens is 1. The van der Waals surface area contributed by atoms with Crippen LogP contribution in [0.2, 0.25) is 0 Å². The Morgan fingerprint density at radius 1 is 0.958 bits per heavy atom. The highest BCUT2D eigenvalue weighted by atomic mass is 79.9. The van der Waals surface area contributed by atoms with Crippen molar-refractivity contribution >= 4 is 33.4 Å². The van der Waals surface area contributed by atoms with Gasteiger partial charge in [0.2, 0.25) is 11.8 Å². The number of hydrogen-bond donors (Lipinski definition) is 2. The molecule has 2 aromatic carbocycles. The number of nitrogen functional groups attached to an aromatic ring is 1. The molecule has 0 saturated carbocycles. The Morgan fingerprint density at radius 2 is 1.71 bits per heavy atom. The lowest BCUT2D eigenvalue weighted by molar-refractivity contribution is 0.463. The molecule has 0 aliphatic carbocycles. The Labute approximate surface area is 149 Å². The summed E-state index contributed by atoms with van der Waals surface area (Å²) in [7, 11) is 0. The summed E-state index contributed by atoms with van der Waals surface area (Å²) in [5, 5.41) is 3.23. The lowest BCUT2D eigenvalue weighted by Gasteiger charge is -2.10. The van der Waals surface area contributed by atoms with Crippen LogP contribution in [0.15, 0.2) is 53.0 Å². The van der Waals surface area contributed by atoms with Gasteiger partial charge in [0, 0.05) is 16.2 Å². The molecule has 0 aliphatic heterocycles. The minimum Gasteiger partial charge on any atom is -0.439 e. The van der Waals surface area contributed by atoms with Crippen LogP contribution in [0.1, 0.15) is 11.1 Å². The molecule has 0 saturated heterocycles. The molecule has 0 atom stereocenters. The van der Waals surface area contributed by atoms with Gasteiger partial charge in [-0.3, -0.25) is 0 Å². The first-order valence-electron chi connectivity index (χ1n) is 7.42. The predicted octanol–water partition coefficient (Wildman–Crippen LogP) is 4.97. The van der Waals surface area contributed by atoms with Crippen molar-refractivity contribution in [3.05, 3.63) is 64.1 Å². The second-order valence-corrected chi connectivity index (χ2v) is 6.35. The molecule has 0 radical (unpaired) electrons. The van der Waals surface area contributed by atoms with E-state index in [1.165, 1.54) is 11.1 Å². The molecule has 5 nitrogen and oxygen atoms in total. The van der Waals surface area contributed by atoms with Crippen LogP contribution >= 0.6 is 15.9 Å². The van der Waals surface area contributed by atoms with Crippen molar-refractivity contribution in [1.29, 1.82) is 0 Å². The van der Waals surface area contributed by atoms with E-state index in [1.54, 1.807) is 6.07 Å². The minimum atomic E-state index is 0.149. The van der Waals surface area contributed by atoms with Crippen LogP contribution in [-0.2, 0) is 0 Å². The number of aromatic nitrogens is 2. The Morgan fingerprint density at radius 3 is 2.42 bits per heavy atom. The van der Waals surface area contributed by atoms with E-state index >= 15 is 0 Å². The molecular formula is C18H17BrN4O. The molecule has 1 heterocycles. The zero-order valence-electron chi connectivity index (χ0n) is 13.4. The molecule has 0 bridgehead atoms. The third kappa shape index (κ3) is 4.02. The van der Waals surface area contributed by atoms with E-state index in [9.17, 15) is 0 Å². The third-order valence-corrected chi connectivity index (χ3v) is 4.06. The normalized spacial score (nSPS) is 10.5. The molecule has 3 aromatic rings. The van der Waals surface area contributed by atoms with Gasteiger partial charge in [-0.25, -0.2) is 0 Å². The van der Waals surface area contributed by atoms with Crippen LogP contribution in [0.25, 0.3) is 0 Å². The van der Waals surface area contributed by atoms with Gasteiger partial charge in [-0.1, -0.05) is 22.0 Å². The standard InChI is InChI=1S/C18H17BrN4O/c1-11-3-6-14(9-12(11)2)21-16-10-17(23-18(20)22-16)24-15-7-4-13(19)5-8-15/h3-10H,1-2H3,(H3,20,21,22,23). The number of nitrogens with two attached hydrogens (primary N) is 1. The summed E-state index contributed by atoms with van der Waals surface area (Å²) in [4.78, 5) is 8.32. The monoisotopic (exact) mass is 384 g/mol. The summed E-state index contributed by atoms with van der Waals surface area (Å²) in [6.07, 6.45) is 0. The molecule has 0 unspecified atom stereocenters. The maximum atomic E-state index is 5.80. The lowest BCUT2D eigenvalue weighted by Crippen LogP contribution is -2.02. The number of nitrogens with one attached hydrogen (secondary N) is 1. The van der Waals surface area contributed by atoms with Crippen LogP contribution in [0.5, 0.6) is 11.6 Å². The van der Waals surface area contributed by atoms with Crippen LogP contribution in [-0.4, -0.2) is 9.97 Å². The van der Waals surface area contributed by atoms with Crippen molar-refractivity contribution < 1.29 is 4.74 Å². The maximum Gasteiger partial charge on any atom is 0.226 e. The molecule has 122 valence electrons. The fourth-order valence-corrected chi connectivity index (χ4v) is 2.41. The van der Waals surface area contributed by atoms with Crippen LogP contribution < -0.4 is 15.8 Å². The number of hydrogen-bond acceptors (Lipinski definition) is 5. The van der Waals surface area contributed by atoms with Gasteiger partial charge in [-0.15, -0.1) is 0 Å². The molecule has 0 aliphatic rings. The number of rotatable bonds is 4. The molecule has 1 aromatic heterocycles. The Hall–Kier alpha value is -2.60. The highest BCUT2D eigenvalue weighted by Gasteiger charge is 2.06. The maximum absolute atomic E-state index is 5.80. The molecule has 3 rings (SSSR count).